The van der Waals surface area contributed by atoms with Crippen LogP contribution in [-0.2, 0) is 16.4 Å². The summed E-state index contributed by atoms with van der Waals surface area (Å²) in [6.45, 7) is 2.04. The number of nitrogens with one attached hydrogen (secondary N) is 1. The molecule has 3 aromatic rings. The van der Waals surface area contributed by atoms with Gasteiger partial charge in [-0.3, -0.25) is 4.79 Å². The quantitative estimate of drug-likeness (QED) is 0.320. The zero-order valence-corrected chi connectivity index (χ0v) is 22.3. The second-order valence-corrected chi connectivity index (χ2v) is 12.2. The van der Waals surface area contributed by atoms with Crippen LogP contribution in [0, 0.1) is 11.8 Å². The van der Waals surface area contributed by atoms with Crippen molar-refractivity contribution in [2.24, 2.45) is 11.8 Å². The molecule has 0 saturated heterocycles. The van der Waals surface area contributed by atoms with Gasteiger partial charge in [-0.05, 0) is 78.9 Å². The van der Waals surface area contributed by atoms with Gasteiger partial charge in [0.2, 0.25) is 5.88 Å². The molecule has 1 amide bonds. The number of alkyl halides is 3. The number of ether oxygens (including phenoxy) is 1. The molecule has 38 heavy (non-hydrogen) atoms. The standard InChI is InChI=1S/C27H28ClF3N2O4S/c1-2-38(35,36)22-10-5-17(6-11-22)15-32-25(34)19-7-12-23-20(13-19)14-24(28)33-26(23)37-16-18-3-8-21(9-4-18)27(29,30)31/h5-7,10-14,18,21H,2-4,8-9,15-16H2,1H3,(H,32,34)/t18-,21-. The average molecular weight is 569 g/mol. The summed E-state index contributed by atoms with van der Waals surface area (Å²) in [7, 11) is -3.29. The molecule has 2 aromatic carbocycles. The number of carbonyl (C=O) groups is 1. The van der Waals surface area contributed by atoms with Crippen LogP contribution in [0.2, 0.25) is 5.15 Å². The Balaban J connectivity index is 1.39. The number of pyridine rings is 1. The minimum atomic E-state index is -4.15. The van der Waals surface area contributed by atoms with Gasteiger partial charge in [0.1, 0.15) is 5.15 Å². The second-order valence-electron chi connectivity index (χ2n) is 9.49. The van der Waals surface area contributed by atoms with E-state index in [1.165, 1.54) is 12.1 Å². The number of hydrogen-bond acceptors (Lipinski definition) is 5. The summed E-state index contributed by atoms with van der Waals surface area (Å²) in [6.07, 6.45) is -3.08. The Bertz CT molecular complexity index is 1400. The highest BCUT2D eigenvalue weighted by Crippen LogP contribution is 2.40. The highest BCUT2D eigenvalue weighted by molar-refractivity contribution is 7.91. The molecule has 0 radical (unpaired) electrons. The zero-order chi connectivity index (χ0) is 27.5. The maximum Gasteiger partial charge on any atom is 0.391 e. The maximum absolute atomic E-state index is 12.9. The van der Waals surface area contributed by atoms with E-state index in [2.05, 4.69) is 10.3 Å². The van der Waals surface area contributed by atoms with E-state index in [0.717, 1.165) is 5.56 Å². The number of halogens is 4. The molecule has 1 aromatic heterocycles. The van der Waals surface area contributed by atoms with Gasteiger partial charge in [-0.1, -0.05) is 30.7 Å². The number of aromatic nitrogens is 1. The molecule has 4 rings (SSSR count). The Morgan fingerprint density at radius 1 is 1.08 bits per heavy atom. The van der Waals surface area contributed by atoms with E-state index in [4.69, 9.17) is 16.3 Å². The van der Waals surface area contributed by atoms with Crippen LogP contribution in [0.1, 0.15) is 48.5 Å². The molecule has 1 fully saturated rings. The highest BCUT2D eigenvalue weighted by atomic mass is 35.5. The lowest BCUT2D eigenvalue weighted by Gasteiger charge is -2.29. The van der Waals surface area contributed by atoms with Crippen LogP contribution in [0.15, 0.2) is 53.4 Å². The Labute approximate surface area is 224 Å². The lowest BCUT2D eigenvalue weighted by molar-refractivity contribution is -0.184. The van der Waals surface area contributed by atoms with Crippen molar-refractivity contribution in [2.45, 2.75) is 50.2 Å². The van der Waals surface area contributed by atoms with E-state index in [1.807, 2.05) is 0 Å². The van der Waals surface area contributed by atoms with Crippen molar-refractivity contribution < 1.29 is 31.1 Å². The number of hydrogen-bond donors (Lipinski definition) is 1. The molecule has 204 valence electrons. The first kappa shape index (κ1) is 28.2. The summed E-state index contributed by atoms with van der Waals surface area (Å²) in [6, 6.07) is 13.0. The van der Waals surface area contributed by atoms with E-state index in [9.17, 15) is 26.4 Å². The SMILES string of the molecule is CCS(=O)(=O)c1ccc(CNC(=O)c2ccc3c(OC[C@H]4CC[C@H](C(F)(F)F)CC4)nc(Cl)cc3c2)cc1. The summed E-state index contributed by atoms with van der Waals surface area (Å²) in [5.41, 5.74) is 1.14. The van der Waals surface area contributed by atoms with Crippen LogP contribution < -0.4 is 10.1 Å². The molecule has 0 aliphatic heterocycles. The Kier molecular flexibility index (Phi) is 8.52. The van der Waals surface area contributed by atoms with Gasteiger partial charge < -0.3 is 10.1 Å². The monoisotopic (exact) mass is 568 g/mol. The molecule has 1 aliphatic carbocycles. The minimum absolute atomic E-state index is 0.00521. The van der Waals surface area contributed by atoms with Gasteiger partial charge in [0.15, 0.2) is 9.84 Å². The third-order valence-corrected chi connectivity index (χ3v) is 8.85. The topological polar surface area (TPSA) is 85.4 Å². The summed E-state index contributed by atoms with van der Waals surface area (Å²) >= 11 is 6.18. The van der Waals surface area contributed by atoms with Crippen LogP contribution in [0.25, 0.3) is 10.8 Å². The van der Waals surface area contributed by atoms with Crippen LogP contribution in [0.4, 0.5) is 13.2 Å². The van der Waals surface area contributed by atoms with Crippen molar-refractivity contribution in [3.05, 3.63) is 64.8 Å². The Morgan fingerprint density at radius 3 is 2.39 bits per heavy atom. The van der Waals surface area contributed by atoms with Gasteiger partial charge in [-0.25, -0.2) is 13.4 Å². The van der Waals surface area contributed by atoms with E-state index in [1.54, 1.807) is 43.3 Å². The number of rotatable bonds is 8. The predicted octanol–water partition coefficient (Wildman–Crippen LogP) is 6.36. The molecular weight excluding hydrogens is 541 g/mol. The summed E-state index contributed by atoms with van der Waals surface area (Å²) in [5, 5.41) is 4.27. The first-order valence-electron chi connectivity index (χ1n) is 12.4. The molecule has 0 spiro atoms. The first-order chi connectivity index (χ1) is 18.0. The minimum Gasteiger partial charge on any atom is -0.477 e. The van der Waals surface area contributed by atoms with Crippen LogP contribution in [0.3, 0.4) is 0 Å². The smallest absolute Gasteiger partial charge is 0.391 e. The molecular formula is C27H28ClF3N2O4S. The molecule has 0 bridgehead atoms. The second kappa shape index (κ2) is 11.5. The average Bonchev–Trinajstić information content (AvgIpc) is 2.89. The van der Waals surface area contributed by atoms with Crippen molar-refractivity contribution >= 4 is 38.1 Å². The summed E-state index contributed by atoms with van der Waals surface area (Å²) in [5.74, 6) is -1.27. The fraction of sp³-hybridized carbons (Fsp3) is 0.407. The van der Waals surface area contributed by atoms with E-state index in [0.29, 0.717) is 29.2 Å². The third-order valence-electron chi connectivity index (χ3n) is 6.91. The largest absolute Gasteiger partial charge is 0.477 e. The summed E-state index contributed by atoms with van der Waals surface area (Å²) in [4.78, 5) is 17.2. The van der Waals surface area contributed by atoms with Gasteiger partial charge in [-0.15, -0.1) is 0 Å². The first-order valence-corrected chi connectivity index (χ1v) is 14.4. The lowest BCUT2D eigenvalue weighted by Crippen LogP contribution is -2.29. The zero-order valence-electron chi connectivity index (χ0n) is 20.7. The van der Waals surface area contributed by atoms with Gasteiger partial charge in [-0.2, -0.15) is 13.2 Å². The molecule has 0 unspecified atom stereocenters. The predicted molar refractivity (Wildman–Crippen MR) is 139 cm³/mol. The van der Waals surface area contributed by atoms with Crippen molar-refractivity contribution in [1.82, 2.24) is 10.3 Å². The van der Waals surface area contributed by atoms with Gasteiger partial charge >= 0.3 is 6.18 Å². The fourth-order valence-corrected chi connectivity index (χ4v) is 5.64. The summed E-state index contributed by atoms with van der Waals surface area (Å²) < 4.78 is 68.6. The molecule has 1 saturated carbocycles. The molecule has 1 heterocycles. The van der Waals surface area contributed by atoms with Crippen LogP contribution in [0.5, 0.6) is 5.88 Å². The van der Waals surface area contributed by atoms with Gasteiger partial charge in [0, 0.05) is 17.5 Å². The van der Waals surface area contributed by atoms with Crippen molar-refractivity contribution in [2.75, 3.05) is 12.4 Å². The number of sulfone groups is 1. The molecule has 1 aliphatic rings. The van der Waals surface area contributed by atoms with Gasteiger partial charge in [0.25, 0.3) is 5.91 Å². The van der Waals surface area contributed by atoms with Crippen molar-refractivity contribution in [1.29, 1.82) is 0 Å². The van der Waals surface area contributed by atoms with Gasteiger partial charge in [0.05, 0.1) is 23.2 Å². The number of fused-ring (bicyclic) bond motifs is 1. The van der Waals surface area contributed by atoms with Crippen molar-refractivity contribution in [3.63, 3.8) is 0 Å². The van der Waals surface area contributed by atoms with Crippen LogP contribution >= 0.6 is 11.6 Å². The molecule has 11 heteroatoms. The Hall–Kier alpha value is -2.85. The highest BCUT2D eigenvalue weighted by Gasteiger charge is 2.41. The molecule has 1 N–H and O–H groups in total. The van der Waals surface area contributed by atoms with Crippen molar-refractivity contribution in [3.8, 4) is 5.88 Å². The fourth-order valence-electron chi connectivity index (χ4n) is 4.56. The maximum atomic E-state index is 12.9. The van der Waals surface area contributed by atoms with E-state index in [-0.39, 0.29) is 59.5 Å². The lowest BCUT2D eigenvalue weighted by atomic mass is 9.82. The Morgan fingerprint density at radius 2 is 1.76 bits per heavy atom. The number of benzene rings is 2. The number of nitrogens with zero attached hydrogens (tertiary/aromatic N) is 1. The number of amides is 1. The molecule has 0 atom stereocenters. The van der Waals surface area contributed by atoms with E-state index >= 15 is 0 Å². The molecule has 6 nitrogen and oxygen atoms in total. The third kappa shape index (κ3) is 6.77. The number of carbonyl (C=O) groups excluding carboxylic acids is 1. The van der Waals surface area contributed by atoms with E-state index < -0.39 is 21.9 Å². The normalized spacial score (nSPS) is 18.3. The van der Waals surface area contributed by atoms with Crippen LogP contribution in [-0.4, -0.2) is 37.8 Å².